The number of aliphatic hydroxyl groups excluding tert-OH is 1. The Kier molecular flexibility index (Phi) is 7.44. The molecule has 1 atom stereocenters. The van der Waals surface area contributed by atoms with E-state index in [4.69, 9.17) is 28.6 Å². The highest BCUT2D eigenvalue weighted by atomic mass is 35.5. The Labute approximate surface area is 196 Å². The van der Waals surface area contributed by atoms with E-state index in [1.807, 2.05) is 0 Å². The van der Waals surface area contributed by atoms with Crippen LogP contribution in [0.25, 0.3) is 0 Å². The summed E-state index contributed by atoms with van der Waals surface area (Å²) < 4.78 is 15.1. The predicted octanol–water partition coefficient (Wildman–Crippen LogP) is 4.65. The van der Waals surface area contributed by atoms with Crippen molar-refractivity contribution in [2.45, 2.75) is 18.9 Å². The summed E-state index contributed by atoms with van der Waals surface area (Å²) in [7, 11) is 0. The number of nitrogens with one attached hydrogen (secondary N) is 3. The van der Waals surface area contributed by atoms with Crippen molar-refractivity contribution < 1.29 is 14.3 Å². The molecule has 170 valence electrons. The summed E-state index contributed by atoms with van der Waals surface area (Å²) in [5, 5.41) is 24.0. The van der Waals surface area contributed by atoms with Crippen LogP contribution < -0.4 is 10.6 Å². The van der Waals surface area contributed by atoms with Crippen molar-refractivity contribution in [3.8, 4) is 0 Å². The lowest BCUT2D eigenvalue weighted by atomic mass is 9.87. The van der Waals surface area contributed by atoms with E-state index in [0.717, 1.165) is 0 Å². The summed E-state index contributed by atoms with van der Waals surface area (Å²) in [6.07, 6.45) is 1.62. The van der Waals surface area contributed by atoms with Crippen LogP contribution in [0, 0.1) is 11.2 Å². The first-order valence-electron chi connectivity index (χ1n) is 10.1. The number of carbonyl (C=O) groups excluding carboxylic acids is 1. The average Bonchev–Trinajstić information content (AvgIpc) is 3.19. The molecular formula is C23H25Cl2FN4O2. The molecule has 3 rings (SSSR count). The van der Waals surface area contributed by atoms with Gasteiger partial charge in [-0.3, -0.25) is 4.79 Å². The van der Waals surface area contributed by atoms with Crippen LogP contribution in [0.2, 0.25) is 10.0 Å². The highest BCUT2D eigenvalue weighted by molar-refractivity contribution is 6.42. The monoisotopic (exact) mass is 478 g/mol. The van der Waals surface area contributed by atoms with Crippen LogP contribution in [0.15, 0.2) is 43.0 Å². The molecular weight excluding hydrogens is 454 g/mol. The number of aliphatic hydroxyl groups is 1. The molecule has 0 spiro atoms. The molecule has 0 saturated carbocycles. The van der Waals surface area contributed by atoms with Crippen LogP contribution in [-0.2, 0) is 10.3 Å². The van der Waals surface area contributed by atoms with Crippen LogP contribution in [0.1, 0.15) is 24.5 Å². The maximum Gasteiger partial charge on any atom is 0.246 e. The van der Waals surface area contributed by atoms with Crippen LogP contribution in [0.5, 0.6) is 0 Å². The first-order chi connectivity index (χ1) is 15.2. The van der Waals surface area contributed by atoms with E-state index in [9.17, 15) is 9.90 Å². The first-order valence-corrected chi connectivity index (χ1v) is 10.9. The quantitative estimate of drug-likeness (QED) is 0.252. The third kappa shape index (κ3) is 4.75. The molecule has 1 aliphatic rings. The van der Waals surface area contributed by atoms with Gasteiger partial charge < -0.3 is 26.0 Å². The minimum atomic E-state index is -1.03. The Balaban J connectivity index is 2.09. The van der Waals surface area contributed by atoms with E-state index in [0.29, 0.717) is 42.2 Å². The molecule has 0 aromatic heterocycles. The molecule has 1 unspecified atom stereocenters. The Morgan fingerprint density at radius 3 is 2.78 bits per heavy atom. The van der Waals surface area contributed by atoms with Crippen molar-refractivity contribution in [1.29, 1.82) is 5.41 Å². The van der Waals surface area contributed by atoms with Gasteiger partial charge in [-0.2, -0.15) is 0 Å². The van der Waals surface area contributed by atoms with Gasteiger partial charge in [0.15, 0.2) is 0 Å². The number of rotatable bonds is 8. The Morgan fingerprint density at radius 2 is 2.12 bits per heavy atom. The molecule has 2 aromatic rings. The molecule has 1 aliphatic heterocycles. The highest BCUT2D eigenvalue weighted by Gasteiger charge is 2.44. The van der Waals surface area contributed by atoms with Crippen molar-refractivity contribution in [3.63, 3.8) is 0 Å². The van der Waals surface area contributed by atoms with Gasteiger partial charge in [0, 0.05) is 47.8 Å². The second-order valence-electron chi connectivity index (χ2n) is 7.67. The van der Waals surface area contributed by atoms with Gasteiger partial charge in [-0.05, 0) is 49.8 Å². The van der Waals surface area contributed by atoms with E-state index in [2.05, 4.69) is 17.2 Å². The normalized spacial score (nSPS) is 17.8. The number of hydrogen-bond donors (Lipinski definition) is 4. The number of anilines is 2. The zero-order chi connectivity index (χ0) is 23.5. The number of carbonyl (C=O) groups is 1. The molecule has 0 aliphatic carbocycles. The van der Waals surface area contributed by atoms with Gasteiger partial charge in [0.05, 0.1) is 22.2 Å². The summed E-state index contributed by atoms with van der Waals surface area (Å²) in [6.45, 7) is 6.01. The van der Waals surface area contributed by atoms with Gasteiger partial charge in [0.1, 0.15) is 5.82 Å². The third-order valence-electron chi connectivity index (χ3n) is 5.51. The second kappa shape index (κ2) is 9.90. The minimum Gasteiger partial charge on any atom is -0.395 e. The molecule has 2 aromatic carbocycles. The van der Waals surface area contributed by atoms with Gasteiger partial charge in [-0.1, -0.05) is 29.8 Å². The molecule has 1 fully saturated rings. The zero-order valence-corrected chi connectivity index (χ0v) is 19.2. The van der Waals surface area contributed by atoms with Gasteiger partial charge >= 0.3 is 0 Å². The van der Waals surface area contributed by atoms with Gasteiger partial charge in [-0.15, -0.1) is 0 Å². The Bertz CT molecular complexity index is 1060. The van der Waals surface area contributed by atoms with Crippen molar-refractivity contribution in [3.05, 3.63) is 70.0 Å². The van der Waals surface area contributed by atoms with Gasteiger partial charge in [0.25, 0.3) is 0 Å². The van der Waals surface area contributed by atoms with Crippen LogP contribution in [0.4, 0.5) is 15.8 Å². The summed E-state index contributed by atoms with van der Waals surface area (Å²) in [5.74, 6) is -0.780. The van der Waals surface area contributed by atoms with E-state index in [-0.39, 0.29) is 34.7 Å². The summed E-state index contributed by atoms with van der Waals surface area (Å²) >= 11 is 12.7. The minimum absolute atomic E-state index is 0.0694. The predicted molar refractivity (Wildman–Crippen MR) is 128 cm³/mol. The van der Waals surface area contributed by atoms with Crippen LogP contribution >= 0.6 is 23.2 Å². The van der Waals surface area contributed by atoms with Crippen molar-refractivity contribution >= 4 is 46.2 Å². The number of benzene rings is 2. The van der Waals surface area contributed by atoms with Gasteiger partial charge in [0.2, 0.25) is 5.91 Å². The largest absolute Gasteiger partial charge is 0.395 e. The average molecular weight is 479 g/mol. The van der Waals surface area contributed by atoms with Gasteiger partial charge in [-0.25, -0.2) is 4.39 Å². The Morgan fingerprint density at radius 1 is 1.38 bits per heavy atom. The summed E-state index contributed by atoms with van der Waals surface area (Å²) in [5.41, 5.74) is 1.50. The summed E-state index contributed by atoms with van der Waals surface area (Å²) in [6, 6.07) is 8.01. The number of hydrogen-bond acceptors (Lipinski definition) is 5. The third-order valence-corrected chi connectivity index (χ3v) is 6.32. The molecule has 1 heterocycles. The fourth-order valence-electron chi connectivity index (χ4n) is 4.02. The number of amides is 1. The number of nitrogens with zero attached hydrogens (tertiary/aromatic N) is 1. The molecule has 9 heteroatoms. The lowest BCUT2D eigenvalue weighted by Gasteiger charge is -2.34. The fourth-order valence-corrected chi connectivity index (χ4v) is 4.52. The molecule has 6 nitrogen and oxygen atoms in total. The highest BCUT2D eigenvalue weighted by Crippen LogP contribution is 2.43. The van der Waals surface area contributed by atoms with Crippen molar-refractivity contribution in [2.75, 3.05) is 36.9 Å². The molecule has 0 radical (unpaired) electrons. The topological polar surface area (TPSA) is 88.5 Å². The maximum atomic E-state index is 15.1. The lowest BCUT2D eigenvalue weighted by molar-refractivity contribution is -0.125. The molecule has 4 N–H and O–H groups in total. The Hall–Kier alpha value is -2.61. The zero-order valence-electron chi connectivity index (χ0n) is 17.6. The van der Waals surface area contributed by atoms with Crippen LogP contribution in [0.3, 0.4) is 0 Å². The smallest absolute Gasteiger partial charge is 0.246 e. The molecule has 1 saturated heterocycles. The maximum absolute atomic E-state index is 15.1. The SMILES string of the molecule is C=CC(=O)N1CCC(Nc2ccc(C(C)=N)c(NCCO)c2)(c2c(F)ccc(Cl)c2Cl)C1. The fraction of sp³-hybridized carbons (Fsp3) is 0.304. The first kappa shape index (κ1) is 24.0. The standard InChI is InChI=1S/C23H25Cl2FN4O2/c1-3-20(32)30-10-8-23(13-30,21-18(26)7-6-17(24)22(21)25)29-15-4-5-16(14(2)27)19(12-15)28-9-11-31/h3-7,12,27-29,31H,1,8-11,13H2,2H3. The lowest BCUT2D eigenvalue weighted by Crippen LogP contribution is -2.41. The van der Waals surface area contributed by atoms with Crippen molar-refractivity contribution in [2.24, 2.45) is 0 Å². The summed E-state index contributed by atoms with van der Waals surface area (Å²) in [4.78, 5) is 13.9. The van der Waals surface area contributed by atoms with Crippen molar-refractivity contribution in [1.82, 2.24) is 4.90 Å². The van der Waals surface area contributed by atoms with E-state index < -0.39 is 11.4 Å². The van der Waals surface area contributed by atoms with E-state index >= 15 is 4.39 Å². The number of halogens is 3. The van der Waals surface area contributed by atoms with E-state index in [1.54, 1.807) is 30.0 Å². The molecule has 1 amide bonds. The van der Waals surface area contributed by atoms with E-state index in [1.165, 1.54) is 18.2 Å². The number of likely N-dealkylation sites (tertiary alicyclic amines) is 1. The molecule has 32 heavy (non-hydrogen) atoms. The van der Waals surface area contributed by atoms with Crippen LogP contribution in [-0.4, -0.2) is 47.9 Å². The second-order valence-corrected chi connectivity index (χ2v) is 8.46. The molecule has 0 bridgehead atoms.